The Balaban J connectivity index is 1.87. The first kappa shape index (κ1) is 15.7. The maximum atomic E-state index is 13.3. The normalized spacial score (nSPS) is 20.2. The van der Waals surface area contributed by atoms with Gasteiger partial charge in [0.05, 0.1) is 0 Å². The van der Waals surface area contributed by atoms with E-state index in [-0.39, 0.29) is 5.82 Å². The Bertz CT molecular complexity index is 425. The summed E-state index contributed by atoms with van der Waals surface area (Å²) in [5.74, 6) is 0.491. The maximum absolute atomic E-state index is 13.3. The molecule has 1 aliphatic heterocycles. The van der Waals surface area contributed by atoms with E-state index in [0.717, 1.165) is 38.3 Å². The summed E-state index contributed by atoms with van der Waals surface area (Å²) in [6.45, 7) is 7.26. The molecule has 0 amide bonds. The third-order valence-corrected chi connectivity index (χ3v) is 4.23. The van der Waals surface area contributed by atoms with Crippen LogP contribution in [-0.4, -0.2) is 31.1 Å². The third-order valence-electron chi connectivity index (χ3n) is 3.86. The monoisotopic (exact) mass is 298 g/mol. The molecule has 1 N–H and O–H groups in total. The highest BCUT2D eigenvalue weighted by Gasteiger charge is 2.20. The third kappa shape index (κ3) is 4.72. The summed E-state index contributed by atoms with van der Waals surface area (Å²) < 4.78 is 13.3. The molecule has 20 heavy (non-hydrogen) atoms. The van der Waals surface area contributed by atoms with Crippen LogP contribution in [0, 0.1) is 11.7 Å². The number of rotatable bonds is 6. The van der Waals surface area contributed by atoms with Crippen LogP contribution in [0.1, 0.15) is 31.7 Å². The second-order valence-electron chi connectivity index (χ2n) is 5.68. The molecular formula is C16H24ClFN2. The van der Waals surface area contributed by atoms with Crippen molar-refractivity contribution in [2.45, 2.75) is 32.7 Å². The number of hydrogen-bond acceptors (Lipinski definition) is 2. The van der Waals surface area contributed by atoms with Gasteiger partial charge in [0.2, 0.25) is 0 Å². The molecule has 1 fully saturated rings. The van der Waals surface area contributed by atoms with Crippen molar-refractivity contribution in [1.82, 2.24) is 10.2 Å². The molecule has 1 aromatic rings. The summed E-state index contributed by atoms with van der Waals surface area (Å²) in [6.07, 6.45) is 3.67. The van der Waals surface area contributed by atoms with Gasteiger partial charge in [-0.3, -0.25) is 4.90 Å². The van der Waals surface area contributed by atoms with Crippen LogP contribution in [0.4, 0.5) is 4.39 Å². The van der Waals surface area contributed by atoms with Crippen molar-refractivity contribution in [3.8, 4) is 0 Å². The Morgan fingerprint density at radius 2 is 2.30 bits per heavy atom. The first-order valence-electron chi connectivity index (χ1n) is 7.56. The predicted molar refractivity (Wildman–Crippen MR) is 82.6 cm³/mol. The van der Waals surface area contributed by atoms with Crippen LogP contribution in [0.15, 0.2) is 18.2 Å². The molecular weight excluding hydrogens is 275 g/mol. The lowest BCUT2D eigenvalue weighted by Crippen LogP contribution is -2.39. The van der Waals surface area contributed by atoms with Crippen LogP contribution in [0.5, 0.6) is 0 Å². The van der Waals surface area contributed by atoms with Crippen LogP contribution in [-0.2, 0) is 6.54 Å². The first-order valence-corrected chi connectivity index (χ1v) is 7.94. The summed E-state index contributed by atoms with van der Waals surface area (Å²) in [6, 6.07) is 4.62. The lowest BCUT2D eigenvalue weighted by Gasteiger charge is -2.33. The van der Waals surface area contributed by atoms with Gasteiger partial charge in [0, 0.05) is 18.1 Å². The molecule has 0 radical (unpaired) electrons. The SMILES string of the molecule is CCCNCC1CCCN(Cc2cc(F)ccc2Cl)C1. The highest BCUT2D eigenvalue weighted by molar-refractivity contribution is 6.31. The molecule has 4 heteroatoms. The van der Waals surface area contributed by atoms with Gasteiger partial charge in [-0.2, -0.15) is 0 Å². The van der Waals surface area contributed by atoms with E-state index in [4.69, 9.17) is 11.6 Å². The Kier molecular flexibility index (Phi) is 6.27. The first-order chi connectivity index (χ1) is 9.69. The highest BCUT2D eigenvalue weighted by atomic mass is 35.5. The van der Waals surface area contributed by atoms with Gasteiger partial charge >= 0.3 is 0 Å². The fourth-order valence-electron chi connectivity index (χ4n) is 2.85. The molecule has 1 heterocycles. The smallest absolute Gasteiger partial charge is 0.123 e. The number of hydrogen-bond donors (Lipinski definition) is 1. The second-order valence-corrected chi connectivity index (χ2v) is 6.09. The molecule has 1 aliphatic rings. The lowest BCUT2D eigenvalue weighted by molar-refractivity contribution is 0.165. The quantitative estimate of drug-likeness (QED) is 0.806. The summed E-state index contributed by atoms with van der Waals surface area (Å²) in [7, 11) is 0. The molecule has 2 nitrogen and oxygen atoms in total. The molecule has 0 aliphatic carbocycles. The minimum atomic E-state index is -0.206. The van der Waals surface area contributed by atoms with Gasteiger partial charge in [-0.15, -0.1) is 0 Å². The fraction of sp³-hybridized carbons (Fsp3) is 0.625. The molecule has 112 valence electrons. The lowest BCUT2D eigenvalue weighted by atomic mass is 9.97. The zero-order valence-electron chi connectivity index (χ0n) is 12.2. The molecule has 0 aromatic heterocycles. The molecule has 1 aromatic carbocycles. The van der Waals surface area contributed by atoms with Crippen molar-refractivity contribution in [3.63, 3.8) is 0 Å². The fourth-order valence-corrected chi connectivity index (χ4v) is 3.03. The average Bonchev–Trinajstić information content (AvgIpc) is 2.44. The van der Waals surface area contributed by atoms with Gasteiger partial charge in [0.25, 0.3) is 0 Å². The molecule has 0 spiro atoms. The van der Waals surface area contributed by atoms with Crippen LogP contribution in [0.2, 0.25) is 5.02 Å². The van der Waals surface area contributed by atoms with Crippen LogP contribution < -0.4 is 5.32 Å². The van der Waals surface area contributed by atoms with E-state index in [9.17, 15) is 4.39 Å². The average molecular weight is 299 g/mol. The maximum Gasteiger partial charge on any atom is 0.123 e. The Labute approximate surface area is 126 Å². The summed E-state index contributed by atoms with van der Waals surface area (Å²) in [5.41, 5.74) is 0.897. The van der Waals surface area contributed by atoms with Gasteiger partial charge < -0.3 is 5.32 Å². The molecule has 0 saturated carbocycles. The Morgan fingerprint density at radius 1 is 1.45 bits per heavy atom. The number of piperidine rings is 1. The van der Waals surface area contributed by atoms with Crippen LogP contribution in [0.3, 0.4) is 0 Å². The van der Waals surface area contributed by atoms with Gasteiger partial charge in [-0.1, -0.05) is 18.5 Å². The summed E-state index contributed by atoms with van der Waals surface area (Å²) >= 11 is 6.15. The summed E-state index contributed by atoms with van der Waals surface area (Å²) in [4.78, 5) is 2.39. The van der Waals surface area contributed by atoms with E-state index in [1.54, 1.807) is 12.1 Å². The van der Waals surface area contributed by atoms with E-state index in [0.29, 0.717) is 10.9 Å². The van der Waals surface area contributed by atoms with Crippen LogP contribution in [0.25, 0.3) is 0 Å². The van der Waals surface area contributed by atoms with E-state index in [2.05, 4.69) is 17.1 Å². The van der Waals surface area contributed by atoms with Gasteiger partial charge in [-0.05, 0) is 68.6 Å². The predicted octanol–water partition coefficient (Wildman–Crippen LogP) is 3.69. The largest absolute Gasteiger partial charge is 0.316 e. The van der Waals surface area contributed by atoms with E-state index < -0.39 is 0 Å². The van der Waals surface area contributed by atoms with E-state index in [1.165, 1.54) is 25.3 Å². The van der Waals surface area contributed by atoms with Crippen molar-refractivity contribution in [1.29, 1.82) is 0 Å². The minimum Gasteiger partial charge on any atom is -0.316 e. The van der Waals surface area contributed by atoms with E-state index in [1.807, 2.05) is 0 Å². The Morgan fingerprint density at radius 3 is 3.10 bits per heavy atom. The van der Waals surface area contributed by atoms with Crippen molar-refractivity contribution >= 4 is 11.6 Å². The number of halogens is 2. The zero-order valence-corrected chi connectivity index (χ0v) is 12.9. The van der Waals surface area contributed by atoms with E-state index >= 15 is 0 Å². The van der Waals surface area contributed by atoms with Gasteiger partial charge in [-0.25, -0.2) is 4.39 Å². The van der Waals surface area contributed by atoms with Crippen molar-refractivity contribution in [2.24, 2.45) is 5.92 Å². The summed E-state index contributed by atoms with van der Waals surface area (Å²) in [5, 5.41) is 4.16. The zero-order chi connectivity index (χ0) is 14.4. The molecule has 1 atom stereocenters. The number of nitrogens with one attached hydrogen (secondary N) is 1. The molecule has 2 rings (SSSR count). The standard InChI is InChI=1S/C16H24ClFN2/c1-2-7-19-10-13-4-3-8-20(11-13)12-14-9-15(18)5-6-16(14)17/h5-6,9,13,19H,2-4,7-8,10-12H2,1H3. The van der Waals surface area contributed by atoms with Crippen LogP contribution >= 0.6 is 11.6 Å². The highest BCUT2D eigenvalue weighted by Crippen LogP contribution is 2.22. The van der Waals surface area contributed by atoms with Gasteiger partial charge in [0.15, 0.2) is 0 Å². The van der Waals surface area contributed by atoms with Crippen molar-refractivity contribution in [3.05, 3.63) is 34.6 Å². The minimum absolute atomic E-state index is 0.206. The topological polar surface area (TPSA) is 15.3 Å². The molecule has 1 unspecified atom stereocenters. The van der Waals surface area contributed by atoms with Crippen molar-refractivity contribution < 1.29 is 4.39 Å². The molecule has 0 bridgehead atoms. The van der Waals surface area contributed by atoms with Crippen molar-refractivity contribution in [2.75, 3.05) is 26.2 Å². The second kappa shape index (κ2) is 7.96. The Hall–Kier alpha value is -0.640. The molecule has 1 saturated heterocycles. The number of nitrogens with zero attached hydrogens (tertiary/aromatic N) is 1. The number of benzene rings is 1. The number of likely N-dealkylation sites (tertiary alicyclic amines) is 1. The van der Waals surface area contributed by atoms with Gasteiger partial charge in [0.1, 0.15) is 5.82 Å².